The zero-order valence-corrected chi connectivity index (χ0v) is 24.2. The van der Waals surface area contributed by atoms with E-state index in [-0.39, 0.29) is 28.7 Å². The maximum atomic E-state index is 14.6. The van der Waals surface area contributed by atoms with Gasteiger partial charge in [0.25, 0.3) is 0 Å². The molecular weight excluding hydrogens is 492 g/mol. The highest BCUT2D eigenvalue weighted by Gasteiger charge is 2.82. The van der Waals surface area contributed by atoms with Crippen LogP contribution in [0.3, 0.4) is 0 Å². The Labute approximate surface area is 230 Å². The molecule has 1 saturated heterocycles. The summed E-state index contributed by atoms with van der Waals surface area (Å²) in [5.74, 6) is -1.83. The lowest BCUT2D eigenvalue weighted by atomic mass is 9.33. The molecule has 8 atom stereocenters. The zero-order chi connectivity index (χ0) is 28.6. The minimum atomic E-state index is -1.43. The molecule has 208 valence electrons. The molecule has 7 heteroatoms. The fraction of sp³-hybridized carbons (Fsp3) is 0.719. The van der Waals surface area contributed by atoms with Crippen molar-refractivity contribution in [2.24, 2.45) is 44.3 Å². The molecule has 1 unspecified atom stereocenters. The van der Waals surface area contributed by atoms with Gasteiger partial charge in [0.05, 0.1) is 11.0 Å². The van der Waals surface area contributed by atoms with Crippen LogP contribution in [0.4, 0.5) is 0 Å². The van der Waals surface area contributed by atoms with Crippen molar-refractivity contribution in [2.75, 3.05) is 7.05 Å². The number of ether oxygens (including phenoxy) is 1. The molecule has 6 aliphatic rings. The van der Waals surface area contributed by atoms with Gasteiger partial charge in [0.2, 0.25) is 5.91 Å². The summed E-state index contributed by atoms with van der Waals surface area (Å²) in [6, 6.07) is 2.06. The van der Waals surface area contributed by atoms with Gasteiger partial charge in [-0.05, 0) is 80.3 Å². The first-order chi connectivity index (χ1) is 18.0. The summed E-state index contributed by atoms with van der Waals surface area (Å²) < 4.78 is 6.44. The summed E-state index contributed by atoms with van der Waals surface area (Å²) in [6.45, 7) is 12.4. The summed E-state index contributed by atoms with van der Waals surface area (Å²) in [5, 5.41) is 12.6. The number of allylic oxidation sites excluding steroid dienone is 3. The average Bonchev–Trinajstić information content (AvgIpc) is 3.07. The van der Waals surface area contributed by atoms with Gasteiger partial charge >= 0.3 is 5.97 Å². The maximum absolute atomic E-state index is 14.6. The Hall–Kier alpha value is -2.75. The Morgan fingerprint density at radius 1 is 1.00 bits per heavy atom. The molecule has 0 aromatic carbocycles. The largest absolute Gasteiger partial charge is 0.449 e. The van der Waals surface area contributed by atoms with Gasteiger partial charge in [-0.2, -0.15) is 5.26 Å². The van der Waals surface area contributed by atoms with Gasteiger partial charge in [-0.1, -0.05) is 40.7 Å². The molecule has 1 N–H and O–H groups in total. The number of amides is 1. The SMILES string of the molecule is CNC(=O)[C@]1(C)C(=O)C(C#N)=C[C@]2(C)C3=CC(=O)[C@]45OC(=O)[C@@]6(CCC(C)(C)CC64)CC[C@@]5(C)[C@]3(C)CC[C@@H]12. The molecule has 2 bridgehead atoms. The predicted octanol–water partition coefficient (Wildman–Crippen LogP) is 4.61. The van der Waals surface area contributed by atoms with E-state index < -0.39 is 50.3 Å². The van der Waals surface area contributed by atoms with E-state index in [1.54, 1.807) is 19.1 Å². The first-order valence-electron chi connectivity index (χ1n) is 14.4. The number of fused-ring (bicyclic) bond motifs is 4. The van der Waals surface area contributed by atoms with Gasteiger partial charge in [-0.3, -0.25) is 19.2 Å². The second-order valence-electron chi connectivity index (χ2n) is 14.9. The smallest absolute Gasteiger partial charge is 0.313 e. The van der Waals surface area contributed by atoms with Crippen molar-refractivity contribution >= 4 is 23.4 Å². The third-order valence-corrected chi connectivity index (χ3v) is 13.1. The maximum Gasteiger partial charge on any atom is 0.313 e. The van der Waals surface area contributed by atoms with Crippen molar-refractivity contribution in [1.82, 2.24) is 5.32 Å². The van der Waals surface area contributed by atoms with Gasteiger partial charge in [-0.15, -0.1) is 0 Å². The van der Waals surface area contributed by atoms with Crippen LogP contribution >= 0.6 is 0 Å². The Bertz CT molecular complexity index is 1370. The molecule has 1 amide bonds. The molecule has 1 aliphatic heterocycles. The van der Waals surface area contributed by atoms with Gasteiger partial charge in [0.15, 0.2) is 17.2 Å². The Morgan fingerprint density at radius 3 is 2.31 bits per heavy atom. The highest BCUT2D eigenvalue weighted by Crippen LogP contribution is 2.78. The number of ketones is 2. The van der Waals surface area contributed by atoms with E-state index in [0.29, 0.717) is 25.7 Å². The summed E-state index contributed by atoms with van der Waals surface area (Å²) in [4.78, 5) is 55.2. The molecule has 3 saturated carbocycles. The fourth-order valence-electron chi connectivity index (χ4n) is 10.7. The van der Waals surface area contributed by atoms with Gasteiger partial charge in [0, 0.05) is 23.8 Å². The number of carbonyl (C=O) groups excluding carboxylic acids is 4. The number of rotatable bonds is 1. The predicted molar refractivity (Wildman–Crippen MR) is 143 cm³/mol. The van der Waals surface area contributed by atoms with Crippen molar-refractivity contribution < 1.29 is 23.9 Å². The fourth-order valence-corrected chi connectivity index (χ4v) is 10.7. The van der Waals surface area contributed by atoms with Crippen molar-refractivity contribution in [1.29, 1.82) is 5.26 Å². The van der Waals surface area contributed by atoms with Crippen molar-refractivity contribution in [2.45, 2.75) is 92.1 Å². The van der Waals surface area contributed by atoms with Crippen LogP contribution in [0.1, 0.15) is 86.5 Å². The van der Waals surface area contributed by atoms with E-state index in [4.69, 9.17) is 4.74 Å². The van der Waals surface area contributed by atoms with Gasteiger partial charge in [-0.25, -0.2) is 0 Å². The first-order valence-corrected chi connectivity index (χ1v) is 14.4. The molecule has 39 heavy (non-hydrogen) atoms. The number of nitriles is 1. The normalized spacial score (nSPS) is 49.2. The van der Waals surface area contributed by atoms with E-state index in [1.807, 2.05) is 6.92 Å². The van der Waals surface area contributed by atoms with Crippen LogP contribution in [0.5, 0.6) is 0 Å². The molecule has 4 fully saturated rings. The molecule has 1 heterocycles. The standard InChI is InChI=1S/C32H40N2O5/c1-26(2)10-12-31-13-11-29(5)28(4)9-8-19-27(3,15-18(17-33)23(36)30(19,6)24(37)34-7)20(28)14-22(35)32(29,21(31)16-26)39-25(31)38/h14-15,19,21H,8-13,16H2,1-7H3,(H,34,37)/t19-,21?,27+,28-,29+,30+,31+,32-/m1/s1. The van der Waals surface area contributed by atoms with Crippen LogP contribution in [0.25, 0.3) is 0 Å². The van der Waals surface area contributed by atoms with Crippen LogP contribution < -0.4 is 5.32 Å². The number of nitrogens with zero attached hydrogens (tertiary/aromatic N) is 1. The Kier molecular flexibility index (Phi) is 4.96. The topological polar surface area (TPSA) is 113 Å². The quantitative estimate of drug-likeness (QED) is 0.390. The number of nitrogens with one attached hydrogen (secondary N) is 1. The number of carbonyl (C=O) groups is 4. The molecule has 6 rings (SSSR count). The van der Waals surface area contributed by atoms with E-state index in [0.717, 1.165) is 24.8 Å². The number of hydrogen-bond acceptors (Lipinski definition) is 6. The minimum Gasteiger partial charge on any atom is -0.449 e. The van der Waals surface area contributed by atoms with E-state index >= 15 is 0 Å². The number of hydrogen-bond donors (Lipinski definition) is 1. The van der Waals surface area contributed by atoms with E-state index in [2.05, 4.69) is 39.1 Å². The summed E-state index contributed by atoms with van der Waals surface area (Å²) in [5.41, 5.74) is -4.48. The van der Waals surface area contributed by atoms with Crippen LogP contribution in [0.15, 0.2) is 23.3 Å². The summed E-state index contributed by atoms with van der Waals surface area (Å²) in [6.07, 6.45) is 8.50. The second-order valence-corrected chi connectivity index (χ2v) is 14.9. The molecule has 5 aliphatic carbocycles. The lowest BCUT2D eigenvalue weighted by molar-refractivity contribution is -0.206. The van der Waals surface area contributed by atoms with Crippen LogP contribution in [0.2, 0.25) is 0 Å². The second kappa shape index (κ2) is 7.30. The third-order valence-electron chi connectivity index (χ3n) is 13.1. The van der Waals surface area contributed by atoms with E-state index in [1.165, 1.54) is 7.05 Å². The van der Waals surface area contributed by atoms with Crippen molar-refractivity contribution in [3.8, 4) is 6.07 Å². The van der Waals surface area contributed by atoms with Crippen LogP contribution in [0, 0.1) is 55.7 Å². The number of esters is 1. The lowest BCUT2D eigenvalue weighted by Gasteiger charge is -2.68. The summed E-state index contributed by atoms with van der Waals surface area (Å²) >= 11 is 0. The van der Waals surface area contributed by atoms with Gasteiger partial charge < -0.3 is 10.1 Å². The molecule has 0 aromatic rings. The monoisotopic (exact) mass is 532 g/mol. The summed E-state index contributed by atoms with van der Waals surface area (Å²) in [7, 11) is 1.51. The highest BCUT2D eigenvalue weighted by atomic mass is 16.6. The minimum absolute atomic E-state index is 0.00566. The zero-order valence-electron chi connectivity index (χ0n) is 24.2. The van der Waals surface area contributed by atoms with Crippen molar-refractivity contribution in [3.63, 3.8) is 0 Å². The lowest BCUT2D eigenvalue weighted by Crippen LogP contribution is -2.72. The highest BCUT2D eigenvalue weighted by molar-refractivity contribution is 6.16. The number of Topliss-reactive ketones (excluding diaryl/α,β-unsaturated/α-hetero) is 1. The van der Waals surface area contributed by atoms with Crippen molar-refractivity contribution in [3.05, 3.63) is 23.3 Å². The van der Waals surface area contributed by atoms with E-state index in [9.17, 15) is 24.4 Å². The Balaban J connectivity index is 1.60. The molecule has 0 radical (unpaired) electrons. The molecule has 1 spiro atoms. The molecule has 0 aromatic heterocycles. The third kappa shape index (κ3) is 2.61. The molecule has 7 nitrogen and oxygen atoms in total. The van der Waals surface area contributed by atoms with Gasteiger partial charge in [0.1, 0.15) is 11.5 Å². The average molecular weight is 533 g/mol. The Morgan fingerprint density at radius 2 is 1.67 bits per heavy atom. The first kappa shape index (κ1) is 26.5. The molecular formula is C32H40N2O5. The van der Waals surface area contributed by atoms with Crippen LogP contribution in [-0.2, 0) is 23.9 Å². The van der Waals surface area contributed by atoms with Crippen LogP contribution in [-0.4, -0.2) is 36.1 Å².